The Morgan fingerprint density at radius 1 is 1.08 bits per heavy atom. The molecule has 2 bridgehead atoms. The van der Waals surface area contributed by atoms with Crippen LogP contribution < -0.4 is 5.73 Å². The van der Waals surface area contributed by atoms with Crippen molar-refractivity contribution >= 4 is 0 Å². The molecule has 4 rings (SSSR count). The molecule has 0 aromatic carbocycles. The van der Waals surface area contributed by atoms with Crippen LogP contribution in [0.3, 0.4) is 0 Å². The number of hydrogen-bond acceptors (Lipinski definition) is 1. The first-order valence-corrected chi connectivity index (χ1v) is 5.83. The van der Waals surface area contributed by atoms with Crippen LogP contribution in [0.25, 0.3) is 0 Å². The molecular weight excluding hydrogens is 158 g/mol. The molecule has 4 fully saturated rings. The number of rotatable bonds is 1. The van der Waals surface area contributed by atoms with E-state index in [1.54, 1.807) is 0 Å². The summed E-state index contributed by atoms with van der Waals surface area (Å²) in [6.45, 7) is 4.92. The van der Waals surface area contributed by atoms with Crippen LogP contribution >= 0.6 is 0 Å². The van der Waals surface area contributed by atoms with E-state index >= 15 is 0 Å². The molecule has 0 saturated heterocycles. The van der Waals surface area contributed by atoms with Crippen LogP contribution in [0.15, 0.2) is 0 Å². The average molecular weight is 179 g/mol. The standard InChI is InChI=1S/C12H21N/c1-11(2)8-3-4-9(10(11)7-8)12(13)5-6-12/h8-10H,3-7,13H2,1-2H3. The second kappa shape index (κ2) is 2.13. The van der Waals surface area contributed by atoms with Gasteiger partial charge in [-0.05, 0) is 55.3 Å². The van der Waals surface area contributed by atoms with E-state index in [-0.39, 0.29) is 5.54 Å². The van der Waals surface area contributed by atoms with Crippen molar-refractivity contribution in [3.05, 3.63) is 0 Å². The summed E-state index contributed by atoms with van der Waals surface area (Å²) < 4.78 is 0. The van der Waals surface area contributed by atoms with Crippen molar-refractivity contribution in [2.45, 2.75) is 51.5 Å². The first kappa shape index (κ1) is 8.28. The van der Waals surface area contributed by atoms with Gasteiger partial charge in [-0.25, -0.2) is 0 Å². The van der Waals surface area contributed by atoms with Gasteiger partial charge in [-0.15, -0.1) is 0 Å². The predicted octanol–water partition coefficient (Wildman–Crippen LogP) is 2.55. The quantitative estimate of drug-likeness (QED) is 0.657. The molecule has 0 radical (unpaired) electrons. The Kier molecular flexibility index (Phi) is 1.36. The molecule has 1 heteroatoms. The third kappa shape index (κ3) is 0.918. The van der Waals surface area contributed by atoms with E-state index in [2.05, 4.69) is 13.8 Å². The lowest BCUT2D eigenvalue weighted by Gasteiger charge is -2.61. The minimum absolute atomic E-state index is 0.285. The summed E-state index contributed by atoms with van der Waals surface area (Å²) in [4.78, 5) is 0. The van der Waals surface area contributed by atoms with Crippen LogP contribution in [0.4, 0.5) is 0 Å². The molecule has 4 saturated carbocycles. The normalized spacial score (nSPS) is 49.6. The number of nitrogens with two attached hydrogens (primary N) is 1. The summed E-state index contributed by atoms with van der Waals surface area (Å²) in [6.07, 6.45) is 6.96. The molecule has 3 unspecified atom stereocenters. The van der Waals surface area contributed by atoms with Crippen molar-refractivity contribution in [3.8, 4) is 0 Å². The van der Waals surface area contributed by atoms with E-state index in [4.69, 9.17) is 5.73 Å². The molecule has 0 aromatic heterocycles. The molecular formula is C12H21N. The highest BCUT2D eigenvalue weighted by Gasteiger charge is 2.61. The molecule has 13 heavy (non-hydrogen) atoms. The van der Waals surface area contributed by atoms with Crippen LogP contribution in [-0.2, 0) is 0 Å². The minimum Gasteiger partial charge on any atom is -0.325 e. The largest absolute Gasteiger partial charge is 0.325 e. The van der Waals surface area contributed by atoms with Gasteiger partial charge in [0.05, 0.1) is 0 Å². The van der Waals surface area contributed by atoms with Gasteiger partial charge in [0.2, 0.25) is 0 Å². The smallest absolute Gasteiger partial charge is 0.0187 e. The molecule has 0 heterocycles. The van der Waals surface area contributed by atoms with E-state index in [0.29, 0.717) is 5.41 Å². The van der Waals surface area contributed by atoms with Crippen molar-refractivity contribution < 1.29 is 0 Å². The summed E-state index contributed by atoms with van der Waals surface area (Å²) in [5.74, 6) is 2.85. The molecule has 4 aliphatic carbocycles. The number of fused-ring (bicyclic) bond motifs is 2. The second-order valence-corrected chi connectivity index (χ2v) is 6.28. The Morgan fingerprint density at radius 3 is 2.23 bits per heavy atom. The highest BCUT2D eigenvalue weighted by molar-refractivity contribution is 5.14. The Labute approximate surface area is 81.1 Å². The van der Waals surface area contributed by atoms with Gasteiger partial charge in [0.25, 0.3) is 0 Å². The lowest BCUT2D eigenvalue weighted by Crippen LogP contribution is -2.57. The third-order valence-electron chi connectivity index (χ3n) is 5.42. The van der Waals surface area contributed by atoms with Gasteiger partial charge in [0, 0.05) is 5.54 Å². The summed E-state index contributed by atoms with van der Waals surface area (Å²) in [5.41, 5.74) is 7.27. The summed E-state index contributed by atoms with van der Waals surface area (Å²) in [6, 6.07) is 0. The average Bonchev–Trinajstić information content (AvgIpc) is 2.85. The molecule has 3 atom stereocenters. The zero-order valence-electron chi connectivity index (χ0n) is 8.84. The van der Waals surface area contributed by atoms with Gasteiger partial charge in [-0.1, -0.05) is 13.8 Å². The van der Waals surface area contributed by atoms with Crippen LogP contribution in [0.5, 0.6) is 0 Å². The zero-order chi connectivity index (χ0) is 9.27. The third-order valence-corrected chi connectivity index (χ3v) is 5.42. The van der Waals surface area contributed by atoms with E-state index in [1.807, 2.05) is 0 Å². The summed E-state index contributed by atoms with van der Waals surface area (Å²) >= 11 is 0. The van der Waals surface area contributed by atoms with Crippen LogP contribution in [-0.4, -0.2) is 5.54 Å². The molecule has 1 nitrogen and oxygen atoms in total. The van der Waals surface area contributed by atoms with Crippen molar-refractivity contribution in [3.63, 3.8) is 0 Å². The Balaban J connectivity index is 1.84. The fourth-order valence-electron chi connectivity index (χ4n) is 4.01. The number of hydrogen-bond donors (Lipinski definition) is 1. The highest BCUT2D eigenvalue weighted by Crippen LogP contribution is 2.65. The molecule has 0 aromatic rings. The Morgan fingerprint density at radius 2 is 1.77 bits per heavy atom. The molecule has 74 valence electrons. The molecule has 0 spiro atoms. The maximum atomic E-state index is 6.36. The lowest BCUT2D eigenvalue weighted by molar-refractivity contribution is -0.114. The maximum Gasteiger partial charge on any atom is 0.0187 e. The van der Waals surface area contributed by atoms with Crippen molar-refractivity contribution in [1.82, 2.24) is 0 Å². The van der Waals surface area contributed by atoms with Gasteiger partial charge in [0.1, 0.15) is 0 Å². The fraction of sp³-hybridized carbons (Fsp3) is 1.00. The van der Waals surface area contributed by atoms with Gasteiger partial charge >= 0.3 is 0 Å². The highest BCUT2D eigenvalue weighted by atomic mass is 14.9. The van der Waals surface area contributed by atoms with Crippen molar-refractivity contribution in [2.24, 2.45) is 28.9 Å². The minimum atomic E-state index is 0.285. The first-order valence-electron chi connectivity index (χ1n) is 5.83. The van der Waals surface area contributed by atoms with Crippen LogP contribution in [0.2, 0.25) is 0 Å². The van der Waals surface area contributed by atoms with E-state index < -0.39 is 0 Å². The summed E-state index contributed by atoms with van der Waals surface area (Å²) in [5, 5.41) is 0. The molecule has 0 amide bonds. The first-order chi connectivity index (χ1) is 6.04. The second-order valence-electron chi connectivity index (χ2n) is 6.28. The molecule has 0 aliphatic heterocycles. The van der Waals surface area contributed by atoms with Crippen molar-refractivity contribution in [1.29, 1.82) is 0 Å². The molecule has 2 N–H and O–H groups in total. The van der Waals surface area contributed by atoms with Gasteiger partial charge in [0.15, 0.2) is 0 Å². The fourth-order valence-corrected chi connectivity index (χ4v) is 4.01. The monoisotopic (exact) mass is 179 g/mol. The predicted molar refractivity (Wildman–Crippen MR) is 54.3 cm³/mol. The lowest BCUT2D eigenvalue weighted by atomic mass is 9.44. The summed E-state index contributed by atoms with van der Waals surface area (Å²) in [7, 11) is 0. The molecule has 4 aliphatic rings. The van der Waals surface area contributed by atoms with Gasteiger partial charge < -0.3 is 5.73 Å². The van der Waals surface area contributed by atoms with E-state index in [9.17, 15) is 0 Å². The SMILES string of the molecule is CC1(C)C2CCC(C3(N)CC3)C1C2. The van der Waals surface area contributed by atoms with Gasteiger partial charge in [-0.2, -0.15) is 0 Å². The topological polar surface area (TPSA) is 26.0 Å². The van der Waals surface area contributed by atoms with Gasteiger partial charge in [-0.3, -0.25) is 0 Å². The van der Waals surface area contributed by atoms with E-state index in [0.717, 1.165) is 17.8 Å². The van der Waals surface area contributed by atoms with Crippen LogP contribution in [0, 0.1) is 23.2 Å². The van der Waals surface area contributed by atoms with Crippen LogP contribution in [0.1, 0.15) is 46.0 Å². The van der Waals surface area contributed by atoms with Crippen molar-refractivity contribution in [2.75, 3.05) is 0 Å². The zero-order valence-corrected chi connectivity index (χ0v) is 8.84. The van der Waals surface area contributed by atoms with E-state index in [1.165, 1.54) is 32.1 Å². The Bertz CT molecular complexity index is 238. The maximum absolute atomic E-state index is 6.36. The Hall–Kier alpha value is -0.0400.